The molecule has 0 fully saturated rings. The van der Waals surface area contributed by atoms with Crippen molar-refractivity contribution in [2.75, 3.05) is 13.2 Å². The van der Waals surface area contributed by atoms with Crippen molar-refractivity contribution in [3.8, 4) is 0 Å². The Morgan fingerprint density at radius 1 is 0.429 bits per heavy atom. The number of hydrogen-bond acceptors (Lipinski definition) is 4. The molecular formula is C38H72O4. The molecule has 0 aliphatic carbocycles. The molecule has 0 bridgehead atoms. The van der Waals surface area contributed by atoms with Crippen LogP contribution in [0.3, 0.4) is 0 Å². The summed E-state index contributed by atoms with van der Waals surface area (Å²) < 4.78 is 10.7. The van der Waals surface area contributed by atoms with Crippen molar-refractivity contribution in [3.05, 3.63) is 12.2 Å². The molecule has 0 aliphatic heterocycles. The van der Waals surface area contributed by atoms with E-state index in [4.69, 9.17) is 9.47 Å². The maximum absolute atomic E-state index is 12.0. The van der Waals surface area contributed by atoms with Crippen molar-refractivity contribution < 1.29 is 19.1 Å². The molecule has 0 heterocycles. The van der Waals surface area contributed by atoms with Crippen LogP contribution in [0.2, 0.25) is 0 Å². The Bertz CT molecular complexity index is 562. The summed E-state index contributed by atoms with van der Waals surface area (Å²) in [4.78, 5) is 24.0. The van der Waals surface area contributed by atoms with E-state index >= 15 is 0 Å². The number of ether oxygens (including phenoxy) is 2. The third-order valence-corrected chi connectivity index (χ3v) is 8.48. The quantitative estimate of drug-likeness (QED) is 0.0443. The highest BCUT2D eigenvalue weighted by Crippen LogP contribution is 2.16. The molecule has 0 saturated carbocycles. The zero-order valence-electron chi connectivity index (χ0n) is 28.7. The average Bonchev–Trinajstić information content (AvgIpc) is 2.99. The maximum Gasteiger partial charge on any atom is 0.331 e. The summed E-state index contributed by atoms with van der Waals surface area (Å²) in [6.07, 6.45) is 37.0. The summed E-state index contributed by atoms with van der Waals surface area (Å²) in [5, 5.41) is 0. The van der Waals surface area contributed by atoms with E-state index in [1.165, 1.54) is 166 Å². The largest absolute Gasteiger partial charge is 0.462 e. The predicted octanol–water partition coefficient (Wildman–Crippen LogP) is 12.1. The van der Waals surface area contributed by atoms with E-state index < -0.39 is 11.9 Å². The van der Waals surface area contributed by atoms with E-state index in [0.29, 0.717) is 25.0 Å². The van der Waals surface area contributed by atoms with Gasteiger partial charge in [-0.25, -0.2) is 9.59 Å². The smallest absolute Gasteiger partial charge is 0.331 e. The molecule has 248 valence electrons. The minimum Gasteiger partial charge on any atom is -0.462 e. The highest BCUT2D eigenvalue weighted by molar-refractivity contribution is 5.91. The SMILES string of the molecule is CCCCCCCCCCCCCCC(C)COC(=O)/C=C\C(=O)OCC(C)CCCCCCCCCCCCCC. The van der Waals surface area contributed by atoms with Crippen LogP contribution in [0.1, 0.15) is 195 Å². The first-order chi connectivity index (χ1) is 20.5. The topological polar surface area (TPSA) is 52.6 Å². The lowest BCUT2D eigenvalue weighted by Gasteiger charge is -2.11. The first kappa shape index (κ1) is 40.7. The zero-order valence-corrected chi connectivity index (χ0v) is 28.7. The van der Waals surface area contributed by atoms with Gasteiger partial charge in [0.25, 0.3) is 0 Å². The summed E-state index contributed by atoms with van der Waals surface area (Å²) in [6.45, 7) is 9.61. The first-order valence-corrected chi connectivity index (χ1v) is 18.5. The third-order valence-electron chi connectivity index (χ3n) is 8.48. The molecule has 42 heavy (non-hydrogen) atoms. The lowest BCUT2D eigenvalue weighted by molar-refractivity contribution is -0.141. The average molecular weight is 593 g/mol. The molecule has 0 aromatic carbocycles. The van der Waals surface area contributed by atoms with Crippen LogP contribution in [-0.4, -0.2) is 25.2 Å². The summed E-state index contributed by atoms with van der Waals surface area (Å²) in [5.74, 6) is -0.228. The number of hydrogen-bond donors (Lipinski definition) is 0. The standard InChI is InChI=1S/C38H72O4/c1-5-7-9-11-13-15-17-19-21-23-25-27-29-35(3)33-41-37(39)31-32-38(40)42-34-36(4)30-28-26-24-22-20-18-16-14-12-10-8-6-2/h31-32,35-36H,5-30,33-34H2,1-4H3/b32-31-. The van der Waals surface area contributed by atoms with Crippen molar-refractivity contribution in [2.45, 2.75) is 195 Å². The van der Waals surface area contributed by atoms with Crippen LogP contribution in [0, 0.1) is 11.8 Å². The minimum absolute atomic E-state index is 0.346. The predicted molar refractivity (Wildman–Crippen MR) is 181 cm³/mol. The van der Waals surface area contributed by atoms with Gasteiger partial charge in [-0.05, 0) is 24.7 Å². The molecule has 0 rings (SSSR count). The van der Waals surface area contributed by atoms with Gasteiger partial charge in [0.1, 0.15) is 0 Å². The number of esters is 2. The molecule has 2 atom stereocenters. The fourth-order valence-electron chi connectivity index (χ4n) is 5.52. The van der Waals surface area contributed by atoms with E-state index in [9.17, 15) is 9.59 Å². The highest BCUT2D eigenvalue weighted by Gasteiger charge is 2.08. The summed E-state index contributed by atoms with van der Waals surface area (Å²) in [5.41, 5.74) is 0. The van der Waals surface area contributed by atoms with E-state index in [2.05, 4.69) is 27.7 Å². The van der Waals surface area contributed by atoms with Gasteiger partial charge in [0.05, 0.1) is 13.2 Å². The van der Waals surface area contributed by atoms with Crippen molar-refractivity contribution in [1.29, 1.82) is 0 Å². The van der Waals surface area contributed by atoms with Crippen LogP contribution in [-0.2, 0) is 19.1 Å². The molecule has 0 spiro atoms. The lowest BCUT2D eigenvalue weighted by atomic mass is 10.0. The number of rotatable bonds is 32. The maximum atomic E-state index is 12.0. The highest BCUT2D eigenvalue weighted by atomic mass is 16.5. The molecule has 0 aromatic rings. The second-order valence-electron chi connectivity index (χ2n) is 13.2. The summed E-state index contributed by atoms with van der Waals surface area (Å²) >= 11 is 0. The Morgan fingerprint density at radius 3 is 0.929 bits per heavy atom. The van der Waals surface area contributed by atoms with Gasteiger partial charge in [-0.3, -0.25) is 0 Å². The molecule has 0 N–H and O–H groups in total. The second kappa shape index (κ2) is 32.6. The Labute approximate surface area is 262 Å². The molecular weight excluding hydrogens is 520 g/mol. The molecule has 4 nitrogen and oxygen atoms in total. The van der Waals surface area contributed by atoms with E-state index in [1.54, 1.807) is 0 Å². The monoisotopic (exact) mass is 593 g/mol. The van der Waals surface area contributed by atoms with Crippen molar-refractivity contribution in [2.24, 2.45) is 11.8 Å². The number of carbonyl (C=O) groups excluding carboxylic acids is 2. The van der Waals surface area contributed by atoms with Gasteiger partial charge in [-0.2, -0.15) is 0 Å². The number of carbonyl (C=O) groups is 2. The van der Waals surface area contributed by atoms with Crippen molar-refractivity contribution in [1.82, 2.24) is 0 Å². The van der Waals surface area contributed by atoms with Gasteiger partial charge in [0.15, 0.2) is 0 Å². The van der Waals surface area contributed by atoms with Crippen LogP contribution in [0.4, 0.5) is 0 Å². The van der Waals surface area contributed by atoms with Crippen LogP contribution < -0.4 is 0 Å². The molecule has 2 unspecified atom stereocenters. The summed E-state index contributed by atoms with van der Waals surface area (Å²) in [6, 6.07) is 0. The van der Waals surface area contributed by atoms with Gasteiger partial charge in [0.2, 0.25) is 0 Å². The molecule has 0 saturated heterocycles. The van der Waals surface area contributed by atoms with Gasteiger partial charge in [-0.15, -0.1) is 0 Å². The molecule has 0 radical (unpaired) electrons. The van der Waals surface area contributed by atoms with Crippen LogP contribution in [0.25, 0.3) is 0 Å². The Balaban J connectivity index is 3.58. The van der Waals surface area contributed by atoms with Crippen LogP contribution >= 0.6 is 0 Å². The van der Waals surface area contributed by atoms with E-state index in [0.717, 1.165) is 12.8 Å². The Morgan fingerprint density at radius 2 is 0.667 bits per heavy atom. The van der Waals surface area contributed by atoms with Crippen LogP contribution in [0.5, 0.6) is 0 Å². The number of unbranched alkanes of at least 4 members (excludes halogenated alkanes) is 22. The normalized spacial score (nSPS) is 13.0. The minimum atomic E-state index is -0.460. The van der Waals surface area contributed by atoms with Gasteiger partial charge < -0.3 is 9.47 Å². The fraction of sp³-hybridized carbons (Fsp3) is 0.895. The van der Waals surface area contributed by atoms with Crippen molar-refractivity contribution in [3.63, 3.8) is 0 Å². The van der Waals surface area contributed by atoms with Gasteiger partial charge in [-0.1, -0.05) is 182 Å². The van der Waals surface area contributed by atoms with E-state index in [-0.39, 0.29) is 0 Å². The van der Waals surface area contributed by atoms with E-state index in [1.807, 2.05) is 0 Å². The van der Waals surface area contributed by atoms with Crippen molar-refractivity contribution >= 4 is 11.9 Å². The molecule has 0 amide bonds. The third kappa shape index (κ3) is 31.6. The fourth-order valence-corrected chi connectivity index (χ4v) is 5.52. The Hall–Kier alpha value is -1.32. The van der Waals surface area contributed by atoms with Gasteiger partial charge >= 0.3 is 11.9 Å². The molecule has 0 aliphatic rings. The van der Waals surface area contributed by atoms with Gasteiger partial charge in [0, 0.05) is 12.2 Å². The zero-order chi connectivity index (χ0) is 30.9. The second-order valence-corrected chi connectivity index (χ2v) is 13.2. The molecule has 4 heteroatoms. The Kier molecular flexibility index (Phi) is 31.6. The summed E-state index contributed by atoms with van der Waals surface area (Å²) in [7, 11) is 0. The molecule has 0 aromatic heterocycles. The van der Waals surface area contributed by atoms with Crippen LogP contribution in [0.15, 0.2) is 12.2 Å². The lowest BCUT2D eigenvalue weighted by Crippen LogP contribution is -2.12. The first-order valence-electron chi connectivity index (χ1n) is 18.5.